The van der Waals surface area contributed by atoms with Gasteiger partial charge in [-0.05, 0) is 42.5 Å². The maximum atomic E-state index is 12.7. The highest BCUT2D eigenvalue weighted by Crippen LogP contribution is 2.34. The summed E-state index contributed by atoms with van der Waals surface area (Å²) in [6.45, 7) is 1.56. The van der Waals surface area contributed by atoms with Crippen LogP contribution in [0.25, 0.3) is 6.08 Å². The molecule has 0 spiro atoms. The second-order valence-corrected chi connectivity index (χ2v) is 7.55. The van der Waals surface area contributed by atoms with Crippen molar-refractivity contribution in [1.82, 2.24) is 4.90 Å². The lowest BCUT2D eigenvalue weighted by Crippen LogP contribution is -2.33. The smallest absolute Gasteiger partial charge is 0.343 e. The Bertz CT molecular complexity index is 1070. The van der Waals surface area contributed by atoms with Gasteiger partial charge in [0.15, 0.2) is 23.9 Å². The first kappa shape index (κ1) is 23.1. The first-order valence-electron chi connectivity index (χ1n) is 9.73. The van der Waals surface area contributed by atoms with E-state index in [2.05, 4.69) is 4.74 Å². The SMILES string of the molecule is CCOc1cc(/C=C2/SC(=O)N(CC(=O)c3ccccc3)C2=O)ccc1OCC(=O)OC. The van der Waals surface area contributed by atoms with Crippen LogP contribution >= 0.6 is 11.8 Å². The fourth-order valence-electron chi connectivity index (χ4n) is 2.84. The van der Waals surface area contributed by atoms with Crippen LogP contribution in [-0.2, 0) is 14.3 Å². The van der Waals surface area contributed by atoms with Crippen molar-refractivity contribution in [2.75, 3.05) is 26.9 Å². The van der Waals surface area contributed by atoms with Crippen LogP contribution in [0, 0.1) is 0 Å². The molecular weight excluding hydrogens is 434 g/mol. The zero-order valence-electron chi connectivity index (χ0n) is 17.5. The first-order valence-corrected chi connectivity index (χ1v) is 10.5. The lowest BCUT2D eigenvalue weighted by Gasteiger charge is -2.12. The largest absolute Gasteiger partial charge is 0.490 e. The van der Waals surface area contributed by atoms with Gasteiger partial charge in [-0.3, -0.25) is 19.3 Å². The van der Waals surface area contributed by atoms with Crippen molar-refractivity contribution in [3.63, 3.8) is 0 Å². The highest BCUT2D eigenvalue weighted by Gasteiger charge is 2.36. The Morgan fingerprint density at radius 1 is 1.03 bits per heavy atom. The number of rotatable bonds is 9. The minimum atomic E-state index is -0.534. The van der Waals surface area contributed by atoms with Gasteiger partial charge in [0.25, 0.3) is 11.1 Å². The van der Waals surface area contributed by atoms with Gasteiger partial charge in [0.2, 0.25) is 0 Å². The predicted octanol–water partition coefficient (Wildman–Crippen LogP) is 3.56. The summed E-state index contributed by atoms with van der Waals surface area (Å²) in [6.07, 6.45) is 1.55. The Morgan fingerprint density at radius 3 is 2.47 bits per heavy atom. The van der Waals surface area contributed by atoms with Crippen LogP contribution in [-0.4, -0.2) is 54.7 Å². The number of nitrogens with zero attached hydrogens (tertiary/aromatic N) is 1. The van der Waals surface area contributed by atoms with Crippen molar-refractivity contribution in [3.8, 4) is 11.5 Å². The summed E-state index contributed by atoms with van der Waals surface area (Å²) in [4.78, 5) is 49.9. The van der Waals surface area contributed by atoms with Gasteiger partial charge in [0.1, 0.15) is 0 Å². The quantitative estimate of drug-likeness (QED) is 0.322. The van der Waals surface area contributed by atoms with Crippen LogP contribution in [0.5, 0.6) is 11.5 Å². The van der Waals surface area contributed by atoms with Crippen molar-refractivity contribution in [2.24, 2.45) is 0 Å². The van der Waals surface area contributed by atoms with Crippen LogP contribution in [0.4, 0.5) is 4.79 Å². The number of esters is 1. The Labute approximate surface area is 189 Å². The van der Waals surface area contributed by atoms with E-state index in [9.17, 15) is 19.2 Å². The molecule has 0 N–H and O–H groups in total. The minimum absolute atomic E-state index is 0.196. The Hall–Kier alpha value is -3.59. The molecule has 8 nitrogen and oxygen atoms in total. The number of Topliss-reactive ketones (excluding diaryl/α,β-unsaturated/α-hetero) is 1. The molecule has 0 atom stereocenters. The summed E-state index contributed by atoms with van der Waals surface area (Å²) in [5.74, 6) is -0.664. The van der Waals surface area contributed by atoms with Gasteiger partial charge in [-0.15, -0.1) is 0 Å². The normalized spacial score (nSPS) is 14.6. The molecule has 0 aromatic heterocycles. The lowest BCUT2D eigenvalue weighted by atomic mass is 10.1. The fourth-order valence-corrected chi connectivity index (χ4v) is 3.68. The molecule has 0 unspecified atom stereocenters. The zero-order chi connectivity index (χ0) is 23.1. The number of ketones is 1. The number of carbonyl (C=O) groups is 4. The summed E-state index contributed by atoms with van der Waals surface area (Å²) < 4.78 is 15.5. The summed E-state index contributed by atoms with van der Waals surface area (Å²) in [5.41, 5.74) is 1.03. The molecule has 1 aliphatic rings. The molecule has 1 fully saturated rings. The van der Waals surface area contributed by atoms with Crippen molar-refractivity contribution < 1.29 is 33.4 Å². The number of ether oxygens (including phenoxy) is 3. The predicted molar refractivity (Wildman–Crippen MR) is 119 cm³/mol. The number of carbonyl (C=O) groups excluding carboxylic acids is 4. The zero-order valence-corrected chi connectivity index (χ0v) is 18.3. The average molecular weight is 455 g/mol. The Balaban J connectivity index is 1.76. The molecule has 32 heavy (non-hydrogen) atoms. The van der Waals surface area contributed by atoms with Crippen molar-refractivity contribution in [2.45, 2.75) is 6.92 Å². The molecule has 2 aromatic rings. The van der Waals surface area contributed by atoms with E-state index in [1.807, 2.05) is 0 Å². The number of hydrogen-bond acceptors (Lipinski definition) is 8. The van der Waals surface area contributed by atoms with Gasteiger partial charge in [-0.2, -0.15) is 0 Å². The van der Waals surface area contributed by atoms with E-state index in [0.29, 0.717) is 29.2 Å². The third-order valence-corrected chi connectivity index (χ3v) is 5.32. The Morgan fingerprint density at radius 2 is 1.78 bits per heavy atom. The summed E-state index contributed by atoms with van der Waals surface area (Å²) in [7, 11) is 1.26. The molecule has 0 bridgehead atoms. The van der Waals surface area contributed by atoms with Gasteiger partial charge < -0.3 is 14.2 Å². The van der Waals surface area contributed by atoms with Gasteiger partial charge in [-0.1, -0.05) is 36.4 Å². The van der Waals surface area contributed by atoms with Crippen LogP contribution < -0.4 is 9.47 Å². The van der Waals surface area contributed by atoms with E-state index in [0.717, 1.165) is 16.7 Å². The van der Waals surface area contributed by atoms with Gasteiger partial charge in [-0.25, -0.2) is 4.79 Å². The number of benzene rings is 2. The maximum absolute atomic E-state index is 12.7. The molecule has 0 radical (unpaired) electrons. The molecule has 3 rings (SSSR count). The van der Waals surface area contributed by atoms with E-state index in [1.165, 1.54) is 7.11 Å². The maximum Gasteiger partial charge on any atom is 0.343 e. The fraction of sp³-hybridized carbons (Fsp3) is 0.217. The number of amides is 2. The molecule has 1 heterocycles. The monoisotopic (exact) mass is 455 g/mol. The van der Waals surface area contributed by atoms with E-state index in [-0.39, 0.29) is 23.8 Å². The summed E-state index contributed by atoms with van der Waals surface area (Å²) in [6, 6.07) is 13.4. The van der Waals surface area contributed by atoms with Crippen LogP contribution in [0.1, 0.15) is 22.8 Å². The van der Waals surface area contributed by atoms with E-state index in [4.69, 9.17) is 9.47 Å². The van der Waals surface area contributed by atoms with E-state index >= 15 is 0 Å². The number of imide groups is 1. The van der Waals surface area contributed by atoms with Gasteiger partial charge >= 0.3 is 5.97 Å². The molecular formula is C23H21NO7S. The van der Waals surface area contributed by atoms with Gasteiger partial charge in [0, 0.05) is 5.56 Å². The number of hydrogen-bond donors (Lipinski definition) is 0. The van der Waals surface area contributed by atoms with Crippen molar-refractivity contribution >= 4 is 40.7 Å². The molecule has 2 aromatic carbocycles. The molecule has 1 saturated heterocycles. The third kappa shape index (κ3) is 5.55. The Kier molecular flexibility index (Phi) is 7.67. The molecule has 2 amide bonds. The average Bonchev–Trinajstić information content (AvgIpc) is 3.06. The van der Waals surface area contributed by atoms with E-state index < -0.39 is 17.1 Å². The summed E-state index contributed by atoms with van der Waals surface area (Å²) >= 11 is 0.767. The topological polar surface area (TPSA) is 99.2 Å². The molecule has 0 saturated carbocycles. The van der Waals surface area contributed by atoms with Crippen LogP contribution in [0.3, 0.4) is 0 Å². The van der Waals surface area contributed by atoms with Crippen molar-refractivity contribution in [1.29, 1.82) is 0 Å². The molecule has 1 aliphatic heterocycles. The van der Waals surface area contributed by atoms with Crippen molar-refractivity contribution in [3.05, 3.63) is 64.6 Å². The third-order valence-electron chi connectivity index (χ3n) is 4.41. The highest BCUT2D eigenvalue weighted by atomic mass is 32.2. The van der Waals surface area contributed by atoms with Gasteiger partial charge in [0.05, 0.1) is 25.2 Å². The lowest BCUT2D eigenvalue weighted by molar-refractivity contribution is -0.142. The number of methoxy groups -OCH3 is 1. The van der Waals surface area contributed by atoms with Crippen LogP contribution in [0.2, 0.25) is 0 Å². The van der Waals surface area contributed by atoms with Crippen LogP contribution in [0.15, 0.2) is 53.4 Å². The number of thioether (sulfide) groups is 1. The molecule has 9 heteroatoms. The minimum Gasteiger partial charge on any atom is -0.490 e. The second-order valence-electron chi connectivity index (χ2n) is 6.56. The molecule has 0 aliphatic carbocycles. The first-order chi connectivity index (χ1) is 15.4. The highest BCUT2D eigenvalue weighted by molar-refractivity contribution is 8.18. The second kappa shape index (κ2) is 10.6. The molecule has 166 valence electrons. The van der Waals surface area contributed by atoms with E-state index in [1.54, 1.807) is 61.5 Å². The standard InChI is InChI=1S/C23H21NO7S/c1-3-30-19-11-15(9-10-18(19)31-14-21(26)29-2)12-20-22(27)24(23(28)32-20)13-17(25)16-7-5-4-6-8-16/h4-12H,3,13-14H2,1-2H3/b20-12+. The summed E-state index contributed by atoms with van der Waals surface area (Å²) in [5, 5.41) is -0.506.